The van der Waals surface area contributed by atoms with Gasteiger partial charge in [0, 0.05) is 38.1 Å². The van der Waals surface area contributed by atoms with E-state index in [-0.39, 0.29) is 5.82 Å². The number of anilines is 1. The van der Waals surface area contributed by atoms with Crippen molar-refractivity contribution in [2.24, 2.45) is 0 Å². The van der Waals surface area contributed by atoms with Crippen molar-refractivity contribution in [3.05, 3.63) is 59.7 Å². The summed E-state index contributed by atoms with van der Waals surface area (Å²) in [6.45, 7) is 3.41. The number of nitrogens with zero attached hydrogens (tertiary/aromatic N) is 2. The lowest BCUT2D eigenvalue weighted by Gasteiger charge is -2.24. The molecular formula is C15H16FN3. The molecule has 1 aromatic heterocycles. The van der Waals surface area contributed by atoms with Crippen molar-refractivity contribution >= 4 is 5.69 Å². The summed E-state index contributed by atoms with van der Waals surface area (Å²) in [6, 6.07) is 9.89. The van der Waals surface area contributed by atoms with E-state index in [1.165, 1.54) is 17.4 Å². The number of hydrogen-bond acceptors (Lipinski definition) is 3. The van der Waals surface area contributed by atoms with Crippen LogP contribution >= 0.6 is 0 Å². The largest absolute Gasteiger partial charge is 0.366 e. The Hall–Kier alpha value is -1.94. The van der Waals surface area contributed by atoms with E-state index in [0.29, 0.717) is 6.54 Å². The molecule has 0 unspecified atom stereocenters. The predicted molar refractivity (Wildman–Crippen MR) is 73.4 cm³/mol. The van der Waals surface area contributed by atoms with Crippen molar-refractivity contribution in [3.63, 3.8) is 0 Å². The zero-order valence-corrected chi connectivity index (χ0v) is 10.6. The zero-order valence-electron chi connectivity index (χ0n) is 10.6. The Kier molecular flexibility index (Phi) is 3.42. The second kappa shape index (κ2) is 5.36. The van der Waals surface area contributed by atoms with Crippen LogP contribution in [0.1, 0.15) is 11.1 Å². The highest BCUT2D eigenvalue weighted by Gasteiger charge is 2.14. The predicted octanol–water partition coefficient (Wildman–Crippen LogP) is 2.33. The molecule has 0 aliphatic carbocycles. The fraction of sp³-hybridized carbons (Fsp3) is 0.267. The highest BCUT2D eigenvalue weighted by Crippen LogP contribution is 2.23. The third kappa shape index (κ3) is 2.74. The summed E-state index contributed by atoms with van der Waals surface area (Å²) >= 11 is 0. The molecule has 0 fully saturated rings. The second-order valence-electron chi connectivity index (χ2n) is 4.74. The van der Waals surface area contributed by atoms with Gasteiger partial charge in [-0.1, -0.05) is 18.2 Å². The van der Waals surface area contributed by atoms with Crippen LogP contribution in [0.2, 0.25) is 0 Å². The Morgan fingerprint density at radius 2 is 2.16 bits per heavy atom. The van der Waals surface area contributed by atoms with E-state index in [4.69, 9.17) is 0 Å². The summed E-state index contributed by atoms with van der Waals surface area (Å²) in [5.41, 5.74) is 3.40. The molecule has 0 saturated carbocycles. The summed E-state index contributed by atoms with van der Waals surface area (Å²) in [4.78, 5) is 6.18. The first-order valence-corrected chi connectivity index (χ1v) is 6.46. The molecule has 2 heterocycles. The average molecular weight is 257 g/mol. The Balaban J connectivity index is 1.88. The van der Waals surface area contributed by atoms with E-state index >= 15 is 0 Å². The molecular weight excluding hydrogens is 241 g/mol. The second-order valence-corrected chi connectivity index (χ2v) is 4.74. The number of fused-ring (bicyclic) bond motifs is 1. The lowest BCUT2D eigenvalue weighted by Crippen LogP contribution is -2.28. The minimum absolute atomic E-state index is 0.279. The van der Waals surface area contributed by atoms with Crippen molar-refractivity contribution in [3.8, 4) is 0 Å². The maximum atomic E-state index is 13.2. The molecule has 98 valence electrons. The van der Waals surface area contributed by atoms with Crippen LogP contribution in [0.15, 0.2) is 42.7 Å². The van der Waals surface area contributed by atoms with Crippen molar-refractivity contribution in [2.75, 3.05) is 18.0 Å². The minimum Gasteiger partial charge on any atom is -0.366 e. The third-order valence-corrected chi connectivity index (χ3v) is 3.34. The van der Waals surface area contributed by atoms with Gasteiger partial charge < -0.3 is 10.2 Å². The molecule has 1 N–H and O–H groups in total. The number of benzene rings is 1. The maximum absolute atomic E-state index is 13.2. The molecule has 0 atom stereocenters. The van der Waals surface area contributed by atoms with Gasteiger partial charge in [-0.05, 0) is 23.3 Å². The fourth-order valence-electron chi connectivity index (χ4n) is 2.45. The van der Waals surface area contributed by atoms with Crippen LogP contribution in [0.4, 0.5) is 10.1 Å². The first kappa shape index (κ1) is 12.1. The Labute approximate surface area is 112 Å². The number of pyridine rings is 1. The van der Waals surface area contributed by atoms with Gasteiger partial charge in [0.1, 0.15) is 5.82 Å². The van der Waals surface area contributed by atoms with Gasteiger partial charge in [-0.15, -0.1) is 0 Å². The average Bonchev–Trinajstić information content (AvgIpc) is 2.62. The van der Waals surface area contributed by atoms with E-state index in [2.05, 4.69) is 27.3 Å². The van der Waals surface area contributed by atoms with Crippen molar-refractivity contribution < 1.29 is 4.39 Å². The van der Waals surface area contributed by atoms with Gasteiger partial charge in [-0.2, -0.15) is 0 Å². The molecule has 1 aromatic carbocycles. The Morgan fingerprint density at radius 1 is 1.26 bits per heavy atom. The SMILES string of the molecule is Fc1cncc(CN2CCNCc3ccccc32)c1. The van der Waals surface area contributed by atoms with Crippen molar-refractivity contribution in [1.29, 1.82) is 0 Å². The number of nitrogens with one attached hydrogen (secondary N) is 1. The van der Waals surface area contributed by atoms with Crippen LogP contribution in [0.3, 0.4) is 0 Å². The van der Waals surface area contributed by atoms with Gasteiger partial charge >= 0.3 is 0 Å². The van der Waals surface area contributed by atoms with Crippen LogP contribution in [0.25, 0.3) is 0 Å². The quantitative estimate of drug-likeness (QED) is 0.895. The fourth-order valence-corrected chi connectivity index (χ4v) is 2.45. The van der Waals surface area contributed by atoms with Crippen LogP contribution < -0.4 is 10.2 Å². The summed E-state index contributed by atoms with van der Waals surface area (Å²) < 4.78 is 13.2. The van der Waals surface area contributed by atoms with Gasteiger partial charge in [0.2, 0.25) is 0 Å². The molecule has 3 nitrogen and oxygen atoms in total. The van der Waals surface area contributed by atoms with E-state index < -0.39 is 0 Å². The lowest BCUT2D eigenvalue weighted by atomic mass is 10.1. The highest BCUT2D eigenvalue weighted by molar-refractivity contribution is 5.54. The molecule has 0 radical (unpaired) electrons. The summed E-state index contributed by atoms with van der Waals surface area (Å²) in [5, 5.41) is 3.40. The number of halogens is 1. The lowest BCUT2D eigenvalue weighted by molar-refractivity contribution is 0.616. The number of para-hydroxylation sites is 1. The molecule has 19 heavy (non-hydrogen) atoms. The molecule has 0 saturated heterocycles. The molecule has 3 rings (SSSR count). The topological polar surface area (TPSA) is 28.2 Å². The van der Waals surface area contributed by atoms with Crippen LogP contribution in [-0.4, -0.2) is 18.1 Å². The van der Waals surface area contributed by atoms with Gasteiger partial charge in [-0.25, -0.2) is 4.39 Å². The molecule has 2 aromatic rings. The van der Waals surface area contributed by atoms with E-state index in [0.717, 1.165) is 25.2 Å². The molecule has 1 aliphatic rings. The standard InChI is InChI=1S/C15H16FN3/c16-14-7-12(8-18-10-14)11-19-6-5-17-9-13-3-1-2-4-15(13)19/h1-4,7-8,10,17H,5-6,9,11H2. The van der Waals surface area contributed by atoms with Crippen LogP contribution in [0, 0.1) is 5.82 Å². The monoisotopic (exact) mass is 257 g/mol. The maximum Gasteiger partial charge on any atom is 0.141 e. The van der Waals surface area contributed by atoms with Gasteiger partial charge in [0.25, 0.3) is 0 Å². The van der Waals surface area contributed by atoms with Crippen molar-refractivity contribution in [2.45, 2.75) is 13.1 Å². The number of hydrogen-bond donors (Lipinski definition) is 1. The zero-order chi connectivity index (χ0) is 13.1. The molecule has 1 aliphatic heterocycles. The van der Waals surface area contributed by atoms with Gasteiger partial charge in [0.05, 0.1) is 6.20 Å². The van der Waals surface area contributed by atoms with Gasteiger partial charge in [0.15, 0.2) is 0 Å². The Morgan fingerprint density at radius 3 is 3.05 bits per heavy atom. The summed E-state index contributed by atoms with van der Waals surface area (Å²) in [6.07, 6.45) is 2.96. The normalized spacial score (nSPS) is 14.9. The summed E-state index contributed by atoms with van der Waals surface area (Å²) in [7, 11) is 0. The smallest absolute Gasteiger partial charge is 0.141 e. The number of rotatable bonds is 2. The minimum atomic E-state index is -0.279. The van der Waals surface area contributed by atoms with Crippen molar-refractivity contribution in [1.82, 2.24) is 10.3 Å². The van der Waals surface area contributed by atoms with E-state index in [1.54, 1.807) is 12.3 Å². The van der Waals surface area contributed by atoms with E-state index in [1.807, 2.05) is 12.1 Å². The highest BCUT2D eigenvalue weighted by atomic mass is 19.1. The molecule has 0 amide bonds. The third-order valence-electron chi connectivity index (χ3n) is 3.34. The first-order valence-electron chi connectivity index (χ1n) is 6.46. The van der Waals surface area contributed by atoms with Gasteiger partial charge in [-0.3, -0.25) is 4.98 Å². The molecule has 0 bridgehead atoms. The van der Waals surface area contributed by atoms with Crippen LogP contribution in [0.5, 0.6) is 0 Å². The van der Waals surface area contributed by atoms with E-state index in [9.17, 15) is 4.39 Å². The molecule has 0 spiro atoms. The van der Waals surface area contributed by atoms with Crippen LogP contribution in [-0.2, 0) is 13.1 Å². The number of aromatic nitrogens is 1. The molecule has 4 heteroatoms. The Bertz CT molecular complexity index is 571. The summed E-state index contributed by atoms with van der Waals surface area (Å²) in [5.74, 6) is -0.279. The first-order chi connectivity index (χ1) is 9.33.